The third kappa shape index (κ3) is 4.81. The fourth-order valence-corrected chi connectivity index (χ4v) is 3.39. The van der Waals surface area contributed by atoms with Gasteiger partial charge in [0.15, 0.2) is 11.5 Å². The lowest BCUT2D eigenvalue weighted by Gasteiger charge is -2.20. The standard InChI is InChI=1S/C23H21ClN2O3/c24-18-13-21-22(29-11-10-28-21)14-20(18)26-23(27)15-25-19-9-5-4-8-17(19)12-16-6-2-1-3-7-16/h1-9,13-14,25H,10-12,15H2,(H,26,27). The Balaban J connectivity index is 1.40. The SMILES string of the molecule is O=C(CNc1ccccc1Cc1ccccc1)Nc1cc2c(cc1Cl)OCCO2. The second kappa shape index (κ2) is 8.88. The van der Waals surface area contributed by atoms with Crippen LogP contribution in [0, 0.1) is 0 Å². The number of carbonyl (C=O) groups is 1. The van der Waals surface area contributed by atoms with Gasteiger partial charge in [-0.05, 0) is 23.6 Å². The van der Waals surface area contributed by atoms with Crippen LogP contribution in [0.4, 0.5) is 11.4 Å². The Labute approximate surface area is 174 Å². The summed E-state index contributed by atoms with van der Waals surface area (Å²) in [5.41, 5.74) is 3.78. The molecule has 0 aromatic heterocycles. The summed E-state index contributed by atoms with van der Waals surface area (Å²) in [5.74, 6) is 0.974. The summed E-state index contributed by atoms with van der Waals surface area (Å²) in [7, 11) is 0. The maximum absolute atomic E-state index is 12.5. The molecule has 148 valence electrons. The van der Waals surface area contributed by atoms with E-state index in [0.717, 1.165) is 17.7 Å². The van der Waals surface area contributed by atoms with E-state index in [2.05, 4.69) is 28.8 Å². The number of hydrogen-bond acceptors (Lipinski definition) is 4. The number of hydrogen-bond donors (Lipinski definition) is 2. The highest BCUT2D eigenvalue weighted by molar-refractivity contribution is 6.34. The maximum atomic E-state index is 12.5. The Morgan fingerprint density at radius 1 is 0.897 bits per heavy atom. The molecule has 0 fully saturated rings. The smallest absolute Gasteiger partial charge is 0.243 e. The molecule has 0 bridgehead atoms. The Hall–Kier alpha value is -3.18. The number of fused-ring (bicyclic) bond motifs is 1. The molecule has 0 radical (unpaired) electrons. The van der Waals surface area contributed by atoms with Crippen molar-refractivity contribution in [2.24, 2.45) is 0 Å². The number of anilines is 2. The van der Waals surface area contributed by atoms with E-state index < -0.39 is 0 Å². The van der Waals surface area contributed by atoms with Crippen molar-refractivity contribution < 1.29 is 14.3 Å². The Morgan fingerprint density at radius 2 is 1.59 bits per heavy atom. The molecule has 1 aliphatic heterocycles. The number of nitrogens with one attached hydrogen (secondary N) is 2. The number of para-hydroxylation sites is 1. The predicted molar refractivity (Wildman–Crippen MR) is 115 cm³/mol. The van der Waals surface area contributed by atoms with Crippen molar-refractivity contribution in [3.8, 4) is 11.5 Å². The van der Waals surface area contributed by atoms with Crippen LogP contribution in [-0.4, -0.2) is 25.7 Å². The largest absolute Gasteiger partial charge is 0.486 e. The molecule has 0 unspecified atom stereocenters. The highest BCUT2D eigenvalue weighted by Gasteiger charge is 2.16. The van der Waals surface area contributed by atoms with E-state index in [9.17, 15) is 4.79 Å². The zero-order chi connectivity index (χ0) is 20.1. The highest BCUT2D eigenvalue weighted by Crippen LogP contribution is 2.37. The maximum Gasteiger partial charge on any atom is 0.243 e. The van der Waals surface area contributed by atoms with Crippen molar-refractivity contribution in [3.05, 3.63) is 82.9 Å². The van der Waals surface area contributed by atoms with Gasteiger partial charge in [-0.1, -0.05) is 60.1 Å². The molecular weight excluding hydrogens is 388 g/mol. The van der Waals surface area contributed by atoms with Crippen LogP contribution >= 0.6 is 11.6 Å². The molecule has 3 aromatic carbocycles. The van der Waals surface area contributed by atoms with Crippen molar-refractivity contribution >= 4 is 28.9 Å². The van der Waals surface area contributed by atoms with Crippen molar-refractivity contribution in [1.82, 2.24) is 0 Å². The number of ether oxygens (including phenoxy) is 2. The summed E-state index contributed by atoms with van der Waals surface area (Å²) in [6, 6.07) is 21.6. The highest BCUT2D eigenvalue weighted by atomic mass is 35.5. The molecule has 4 rings (SSSR count). The molecule has 3 aromatic rings. The fraction of sp³-hybridized carbons (Fsp3) is 0.174. The quantitative estimate of drug-likeness (QED) is 0.617. The average Bonchev–Trinajstić information content (AvgIpc) is 2.74. The third-order valence-electron chi connectivity index (χ3n) is 4.60. The van der Waals surface area contributed by atoms with Gasteiger partial charge in [-0.3, -0.25) is 4.79 Å². The molecular formula is C23H21ClN2O3. The first-order chi connectivity index (χ1) is 14.2. The van der Waals surface area contributed by atoms with E-state index in [-0.39, 0.29) is 12.5 Å². The first kappa shape index (κ1) is 19.2. The van der Waals surface area contributed by atoms with Gasteiger partial charge in [-0.2, -0.15) is 0 Å². The lowest BCUT2D eigenvalue weighted by molar-refractivity contribution is -0.114. The van der Waals surface area contributed by atoms with E-state index in [1.807, 2.05) is 36.4 Å². The van der Waals surface area contributed by atoms with E-state index >= 15 is 0 Å². The van der Waals surface area contributed by atoms with Crippen molar-refractivity contribution in [3.63, 3.8) is 0 Å². The van der Waals surface area contributed by atoms with Crippen LogP contribution in [-0.2, 0) is 11.2 Å². The first-order valence-electron chi connectivity index (χ1n) is 9.44. The summed E-state index contributed by atoms with van der Waals surface area (Å²) in [6.45, 7) is 1.08. The lowest BCUT2D eigenvalue weighted by atomic mass is 10.0. The summed E-state index contributed by atoms with van der Waals surface area (Å²) >= 11 is 6.27. The minimum absolute atomic E-state index is 0.122. The topological polar surface area (TPSA) is 59.6 Å². The van der Waals surface area contributed by atoms with E-state index in [0.29, 0.717) is 35.4 Å². The minimum atomic E-state index is -0.196. The van der Waals surface area contributed by atoms with E-state index in [1.54, 1.807) is 12.1 Å². The Morgan fingerprint density at radius 3 is 2.38 bits per heavy atom. The Bertz CT molecular complexity index is 1010. The van der Waals surface area contributed by atoms with Crippen LogP contribution in [0.25, 0.3) is 0 Å². The van der Waals surface area contributed by atoms with Gasteiger partial charge in [0.05, 0.1) is 17.3 Å². The lowest BCUT2D eigenvalue weighted by Crippen LogP contribution is -2.23. The number of amides is 1. The second-order valence-corrected chi connectivity index (χ2v) is 7.10. The van der Waals surface area contributed by atoms with Gasteiger partial charge in [0.2, 0.25) is 5.91 Å². The number of rotatable bonds is 6. The van der Waals surface area contributed by atoms with Crippen LogP contribution in [0.2, 0.25) is 5.02 Å². The zero-order valence-electron chi connectivity index (χ0n) is 15.8. The van der Waals surface area contributed by atoms with Gasteiger partial charge >= 0.3 is 0 Å². The van der Waals surface area contributed by atoms with E-state index in [4.69, 9.17) is 21.1 Å². The van der Waals surface area contributed by atoms with Gasteiger partial charge < -0.3 is 20.1 Å². The summed E-state index contributed by atoms with van der Waals surface area (Å²) in [5, 5.41) is 6.46. The van der Waals surface area contributed by atoms with Crippen molar-refractivity contribution in [1.29, 1.82) is 0 Å². The van der Waals surface area contributed by atoms with Crippen LogP contribution in [0.3, 0.4) is 0 Å². The molecule has 29 heavy (non-hydrogen) atoms. The summed E-state index contributed by atoms with van der Waals surface area (Å²) < 4.78 is 11.0. The molecule has 0 atom stereocenters. The molecule has 0 saturated carbocycles. The monoisotopic (exact) mass is 408 g/mol. The molecule has 1 amide bonds. The number of carbonyl (C=O) groups excluding carboxylic acids is 1. The number of benzene rings is 3. The van der Waals surface area contributed by atoms with Crippen LogP contribution < -0.4 is 20.1 Å². The van der Waals surface area contributed by atoms with Crippen LogP contribution in [0.1, 0.15) is 11.1 Å². The Kier molecular flexibility index (Phi) is 5.86. The molecule has 6 heteroatoms. The van der Waals surface area contributed by atoms with E-state index in [1.165, 1.54) is 5.56 Å². The fourth-order valence-electron chi connectivity index (χ4n) is 3.19. The van der Waals surface area contributed by atoms with Gasteiger partial charge in [0.25, 0.3) is 0 Å². The van der Waals surface area contributed by atoms with Crippen LogP contribution in [0.15, 0.2) is 66.7 Å². The van der Waals surface area contributed by atoms with Gasteiger partial charge in [0, 0.05) is 17.8 Å². The first-order valence-corrected chi connectivity index (χ1v) is 9.81. The van der Waals surface area contributed by atoms with Crippen molar-refractivity contribution in [2.75, 3.05) is 30.4 Å². The van der Waals surface area contributed by atoms with Gasteiger partial charge in [-0.25, -0.2) is 0 Å². The second-order valence-electron chi connectivity index (χ2n) is 6.70. The molecule has 1 heterocycles. The normalized spacial score (nSPS) is 12.3. The average molecular weight is 409 g/mol. The molecule has 1 aliphatic rings. The molecule has 5 nitrogen and oxygen atoms in total. The predicted octanol–water partition coefficient (Wildman–Crippen LogP) is 4.75. The third-order valence-corrected chi connectivity index (χ3v) is 4.91. The van der Waals surface area contributed by atoms with Gasteiger partial charge in [-0.15, -0.1) is 0 Å². The zero-order valence-corrected chi connectivity index (χ0v) is 16.5. The van der Waals surface area contributed by atoms with Gasteiger partial charge in [0.1, 0.15) is 13.2 Å². The molecule has 0 saturated heterocycles. The summed E-state index contributed by atoms with van der Waals surface area (Å²) in [6.07, 6.45) is 0.791. The van der Waals surface area contributed by atoms with Crippen molar-refractivity contribution in [2.45, 2.75) is 6.42 Å². The molecule has 0 aliphatic carbocycles. The number of halogens is 1. The van der Waals surface area contributed by atoms with Crippen LogP contribution in [0.5, 0.6) is 11.5 Å². The summed E-state index contributed by atoms with van der Waals surface area (Å²) in [4.78, 5) is 12.5. The molecule has 0 spiro atoms. The molecule has 2 N–H and O–H groups in total. The minimum Gasteiger partial charge on any atom is -0.486 e.